The Bertz CT molecular complexity index is 337. The Morgan fingerprint density at radius 2 is 2.20 bits per heavy atom. The van der Waals surface area contributed by atoms with Crippen molar-refractivity contribution in [3.8, 4) is 0 Å². The van der Waals surface area contributed by atoms with Crippen LogP contribution in [0.2, 0.25) is 0 Å². The summed E-state index contributed by atoms with van der Waals surface area (Å²) in [7, 11) is 0. The van der Waals surface area contributed by atoms with Crippen LogP contribution in [0, 0.1) is 0 Å². The lowest BCUT2D eigenvalue weighted by Crippen LogP contribution is -2.43. The van der Waals surface area contributed by atoms with Crippen LogP contribution in [0.3, 0.4) is 0 Å². The average Bonchev–Trinajstić information content (AvgIpc) is 2.17. The first-order chi connectivity index (χ1) is 6.91. The molecule has 15 heavy (non-hydrogen) atoms. The lowest BCUT2D eigenvalue weighted by Gasteiger charge is -2.16. The van der Waals surface area contributed by atoms with E-state index < -0.39 is 18.1 Å². The summed E-state index contributed by atoms with van der Waals surface area (Å²) in [6.07, 6.45) is -1.79. The maximum Gasteiger partial charge on any atom is 0.408 e. The molecule has 0 bridgehead atoms. The van der Waals surface area contributed by atoms with Gasteiger partial charge >= 0.3 is 6.18 Å². The van der Waals surface area contributed by atoms with E-state index in [2.05, 4.69) is 4.98 Å². The third-order valence-electron chi connectivity index (χ3n) is 1.76. The highest BCUT2D eigenvalue weighted by Gasteiger charge is 2.37. The van der Waals surface area contributed by atoms with Crippen molar-refractivity contribution in [2.75, 3.05) is 0 Å². The molecule has 1 heterocycles. The van der Waals surface area contributed by atoms with E-state index in [1.54, 1.807) is 0 Å². The van der Waals surface area contributed by atoms with E-state index in [1.165, 1.54) is 24.5 Å². The molecule has 0 saturated heterocycles. The van der Waals surface area contributed by atoms with Crippen LogP contribution in [0.15, 0.2) is 24.5 Å². The van der Waals surface area contributed by atoms with Gasteiger partial charge in [0.25, 0.3) is 5.91 Å². The van der Waals surface area contributed by atoms with E-state index in [1.807, 2.05) is 5.32 Å². The van der Waals surface area contributed by atoms with Crippen LogP contribution < -0.4 is 5.32 Å². The molecule has 1 atom stereocenters. The van der Waals surface area contributed by atoms with E-state index in [9.17, 15) is 18.0 Å². The molecule has 1 aromatic heterocycles. The quantitative estimate of drug-likeness (QED) is 0.821. The topological polar surface area (TPSA) is 42.0 Å². The van der Waals surface area contributed by atoms with Gasteiger partial charge < -0.3 is 5.32 Å². The summed E-state index contributed by atoms with van der Waals surface area (Å²) in [6, 6.07) is 1.00. The predicted octanol–water partition coefficient (Wildman–Crippen LogP) is 1.76. The maximum atomic E-state index is 12.1. The maximum absolute atomic E-state index is 12.1. The minimum absolute atomic E-state index is 0.105. The van der Waals surface area contributed by atoms with Gasteiger partial charge in [0.2, 0.25) is 0 Å². The molecule has 0 aromatic carbocycles. The zero-order chi connectivity index (χ0) is 11.5. The molecule has 6 heteroatoms. The number of nitrogens with zero attached hydrogens (tertiary/aromatic N) is 1. The molecule has 0 unspecified atom stereocenters. The lowest BCUT2D eigenvalue weighted by molar-refractivity contribution is -0.149. The molecule has 0 aliphatic heterocycles. The zero-order valence-electron chi connectivity index (χ0n) is 7.88. The van der Waals surface area contributed by atoms with Gasteiger partial charge in [-0.3, -0.25) is 9.78 Å². The van der Waals surface area contributed by atoms with Crippen LogP contribution in [0.5, 0.6) is 0 Å². The van der Waals surface area contributed by atoms with Crippen LogP contribution in [-0.4, -0.2) is 23.1 Å². The number of carbonyl (C=O) groups excluding carboxylic acids is 1. The van der Waals surface area contributed by atoms with Gasteiger partial charge in [-0.15, -0.1) is 0 Å². The Kier molecular flexibility index (Phi) is 3.28. The number of alkyl halides is 3. The van der Waals surface area contributed by atoms with Crippen LogP contribution >= 0.6 is 0 Å². The van der Waals surface area contributed by atoms with Crippen molar-refractivity contribution in [3.05, 3.63) is 30.1 Å². The second-order valence-corrected chi connectivity index (χ2v) is 2.98. The number of rotatable bonds is 2. The van der Waals surface area contributed by atoms with Crippen LogP contribution in [0.1, 0.15) is 17.3 Å². The predicted molar refractivity (Wildman–Crippen MR) is 47.2 cm³/mol. The average molecular weight is 218 g/mol. The summed E-state index contributed by atoms with van der Waals surface area (Å²) < 4.78 is 36.3. The summed E-state index contributed by atoms with van der Waals surface area (Å²) in [5.74, 6) is -0.784. The van der Waals surface area contributed by atoms with Gasteiger partial charge in [-0.1, -0.05) is 0 Å². The summed E-state index contributed by atoms with van der Waals surface area (Å²) in [5, 5.41) is 1.83. The van der Waals surface area contributed by atoms with Crippen molar-refractivity contribution >= 4 is 5.91 Å². The molecule has 82 valence electrons. The van der Waals surface area contributed by atoms with Gasteiger partial charge in [-0.05, 0) is 19.1 Å². The fourth-order valence-electron chi connectivity index (χ4n) is 0.859. The molecule has 0 aliphatic rings. The molecule has 1 aromatic rings. The van der Waals surface area contributed by atoms with Crippen molar-refractivity contribution in [1.82, 2.24) is 10.3 Å². The van der Waals surface area contributed by atoms with E-state index in [0.29, 0.717) is 0 Å². The second kappa shape index (κ2) is 4.29. The largest absolute Gasteiger partial charge is 0.408 e. The van der Waals surface area contributed by atoms with Crippen molar-refractivity contribution in [2.24, 2.45) is 0 Å². The Labute approximate surface area is 84.3 Å². The zero-order valence-corrected chi connectivity index (χ0v) is 7.88. The minimum atomic E-state index is -4.43. The first kappa shape index (κ1) is 11.5. The van der Waals surface area contributed by atoms with E-state index in [0.717, 1.165) is 6.92 Å². The first-order valence-corrected chi connectivity index (χ1v) is 4.19. The molecular formula is C9H9F3N2O. The molecule has 0 saturated carbocycles. The third kappa shape index (κ3) is 3.23. The van der Waals surface area contributed by atoms with Gasteiger partial charge in [0.05, 0.1) is 5.56 Å². The number of hydrogen-bond acceptors (Lipinski definition) is 2. The number of pyridine rings is 1. The summed E-state index contributed by atoms with van der Waals surface area (Å²) in [6.45, 7) is 0.883. The number of nitrogens with one attached hydrogen (secondary N) is 1. The monoisotopic (exact) mass is 218 g/mol. The Morgan fingerprint density at radius 3 is 2.67 bits per heavy atom. The van der Waals surface area contributed by atoms with Gasteiger partial charge in [-0.25, -0.2) is 0 Å². The number of aromatic nitrogens is 1. The molecule has 1 amide bonds. The van der Waals surface area contributed by atoms with Crippen LogP contribution in [-0.2, 0) is 0 Å². The molecule has 0 aliphatic carbocycles. The molecule has 1 rings (SSSR count). The Morgan fingerprint density at radius 1 is 1.53 bits per heavy atom. The summed E-state index contributed by atoms with van der Waals surface area (Å²) in [4.78, 5) is 14.9. The van der Waals surface area contributed by atoms with Gasteiger partial charge in [0.1, 0.15) is 6.04 Å². The number of halogens is 3. The van der Waals surface area contributed by atoms with Crippen molar-refractivity contribution in [1.29, 1.82) is 0 Å². The van der Waals surface area contributed by atoms with E-state index in [4.69, 9.17) is 0 Å². The van der Waals surface area contributed by atoms with Crippen molar-refractivity contribution in [3.63, 3.8) is 0 Å². The van der Waals surface area contributed by atoms with Gasteiger partial charge in [-0.2, -0.15) is 13.2 Å². The Balaban J connectivity index is 2.65. The fourth-order valence-corrected chi connectivity index (χ4v) is 0.859. The molecule has 0 fully saturated rings. The highest BCUT2D eigenvalue weighted by atomic mass is 19.4. The summed E-state index contributed by atoms with van der Waals surface area (Å²) >= 11 is 0. The van der Waals surface area contributed by atoms with E-state index >= 15 is 0 Å². The normalized spacial score (nSPS) is 13.3. The smallest absolute Gasteiger partial charge is 0.340 e. The molecular weight excluding hydrogens is 209 g/mol. The van der Waals surface area contributed by atoms with Crippen LogP contribution in [0.4, 0.5) is 13.2 Å². The summed E-state index contributed by atoms with van der Waals surface area (Å²) in [5.41, 5.74) is 0.105. The third-order valence-corrected chi connectivity index (χ3v) is 1.76. The SMILES string of the molecule is C[C@H](NC(=O)c1cccnc1)C(F)(F)F. The van der Waals surface area contributed by atoms with E-state index in [-0.39, 0.29) is 5.56 Å². The molecule has 3 nitrogen and oxygen atoms in total. The molecule has 1 N–H and O–H groups in total. The number of amides is 1. The standard InChI is InChI=1S/C9H9F3N2O/c1-6(9(10,11)12)14-8(15)7-3-2-4-13-5-7/h2-6H,1H3,(H,14,15)/t6-/m0/s1. The van der Waals surface area contributed by atoms with Crippen LogP contribution in [0.25, 0.3) is 0 Å². The molecule has 0 spiro atoms. The molecule has 0 radical (unpaired) electrons. The van der Waals surface area contributed by atoms with Crippen molar-refractivity contribution < 1.29 is 18.0 Å². The second-order valence-electron chi connectivity index (χ2n) is 2.98. The first-order valence-electron chi connectivity index (χ1n) is 4.19. The number of hydrogen-bond donors (Lipinski definition) is 1. The van der Waals surface area contributed by atoms with Gasteiger partial charge in [0.15, 0.2) is 0 Å². The highest BCUT2D eigenvalue weighted by Crippen LogP contribution is 2.19. The van der Waals surface area contributed by atoms with Crippen molar-refractivity contribution in [2.45, 2.75) is 19.1 Å². The van der Waals surface area contributed by atoms with Gasteiger partial charge in [0, 0.05) is 12.4 Å². The fraction of sp³-hybridized carbons (Fsp3) is 0.333. The minimum Gasteiger partial charge on any atom is -0.340 e. The Hall–Kier alpha value is -1.59. The highest BCUT2D eigenvalue weighted by molar-refractivity contribution is 5.94. The lowest BCUT2D eigenvalue weighted by atomic mass is 10.2. The number of carbonyl (C=O) groups is 1.